The van der Waals surface area contributed by atoms with Gasteiger partial charge in [-0.25, -0.2) is 0 Å². The average molecular weight is 146 g/mol. The summed E-state index contributed by atoms with van der Waals surface area (Å²) in [6.45, 7) is 2.23. The summed E-state index contributed by atoms with van der Waals surface area (Å²) in [4.78, 5) is 0. The zero-order valence-corrected chi connectivity index (χ0v) is 6.21. The number of hydrogen-bond acceptors (Lipinski definition) is 3. The molecular formula is C7H14O3. The Morgan fingerprint density at radius 1 is 1.70 bits per heavy atom. The molecule has 60 valence electrons. The van der Waals surface area contributed by atoms with Gasteiger partial charge in [-0.05, 0) is 19.8 Å². The molecule has 2 N–H and O–H groups in total. The molecule has 1 fully saturated rings. The Hall–Kier alpha value is -0.120. The molecule has 3 heteroatoms. The number of aliphatic hydroxyl groups is 2. The molecule has 2 atom stereocenters. The minimum Gasteiger partial charge on any atom is -0.393 e. The van der Waals surface area contributed by atoms with Gasteiger partial charge in [-0.2, -0.15) is 0 Å². The number of ether oxygens (including phenoxy) is 1. The van der Waals surface area contributed by atoms with Crippen molar-refractivity contribution in [1.82, 2.24) is 0 Å². The third-order valence-electron chi connectivity index (χ3n) is 2.16. The first-order valence-electron chi connectivity index (χ1n) is 3.64. The van der Waals surface area contributed by atoms with Crippen LogP contribution in [0.15, 0.2) is 0 Å². The maximum Gasteiger partial charge on any atom is 0.117 e. The van der Waals surface area contributed by atoms with Gasteiger partial charge < -0.3 is 14.9 Å². The quantitative estimate of drug-likeness (QED) is 0.572. The van der Waals surface area contributed by atoms with E-state index in [1.54, 1.807) is 6.92 Å². The van der Waals surface area contributed by atoms with Gasteiger partial charge in [0.2, 0.25) is 0 Å². The lowest BCUT2D eigenvalue weighted by molar-refractivity contribution is -0.110. The van der Waals surface area contributed by atoms with Gasteiger partial charge in [0.1, 0.15) is 5.60 Å². The molecule has 2 unspecified atom stereocenters. The standard InChI is InChI=1S/C7H14O3/c1-6(9)7(5-8)3-2-4-10-7/h6,8-9H,2-5H2,1H3. The molecule has 1 aliphatic heterocycles. The molecule has 1 rings (SSSR count). The largest absolute Gasteiger partial charge is 0.393 e. The van der Waals surface area contributed by atoms with Gasteiger partial charge in [-0.1, -0.05) is 0 Å². The van der Waals surface area contributed by atoms with E-state index in [1.165, 1.54) is 0 Å². The summed E-state index contributed by atoms with van der Waals surface area (Å²) >= 11 is 0. The fourth-order valence-corrected chi connectivity index (χ4v) is 1.31. The highest BCUT2D eigenvalue weighted by molar-refractivity contribution is 4.89. The molecule has 0 amide bonds. The summed E-state index contributed by atoms with van der Waals surface area (Å²) in [6, 6.07) is 0. The minimum absolute atomic E-state index is 0.0787. The Labute approximate surface area is 60.6 Å². The highest BCUT2D eigenvalue weighted by Gasteiger charge is 2.38. The Bertz CT molecular complexity index is 105. The van der Waals surface area contributed by atoms with Crippen LogP contribution >= 0.6 is 0 Å². The normalized spacial score (nSPS) is 36.3. The Balaban J connectivity index is 2.58. The molecule has 0 aromatic rings. The zero-order valence-electron chi connectivity index (χ0n) is 6.21. The molecule has 1 saturated heterocycles. The van der Waals surface area contributed by atoms with Crippen LogP contribution in [0.4, 0.5) is 0 Å². The topological polar surface area (TPSA) is 49.7 Å². The van der Waals surface area contributed by atoms with E-state index in [0.717, 1.165) is 12.8 Å². The maximum absolute atomic E-state index is 9.22. The van der Waals surface area contributed by atoms with Gasteiger partial charge in [0.05, 0.1) is 12.7 Å². The molecule has 0 aromatic heterocycles. The summed E-state index contributed by atoms with van der Waals surface area (Å²) in [5, 5.41) is 18.1. The van der Waals surface area contributed by atoms with Crippen LogP contribution in [0.3, 0.4) is 0 Å². The highest BCUT2D eigenvalue weighted by Crippen LogP contribution is 2.28. The summed E-state index contributed by atoms with van der Waals surface area (Å²) in [6.07, 6.45) is 1.13. The van der Waals surface area contributed by atoms with Gasteiger partial charge in [0.25, 0.3) is 0 Å². The molecule has 1 aliphatic rings. The van der Waals surface area contributed by atoms with Crippen molar-refractivity contribution in [2.24, 2.45) is 0 Å². The summed E-state index contributed by atoms with van der Waals surface area (Å²) < 4.78 is 5.25. The van der Waals surface area contributed by atoms with Crippen LogP contribution in [0.2, 0.25) is 0 Å². The first-order valence-corrected chi connectivity index (χ1v) is 3.64. The van der Waals surface area contributed by atoms with E-state index < -0.39 is 11.7 Å². The fourth-order valence-electron chi connectivity index (χ4n) is 1.31. The average Bonchev–Trinajstić information content (AvgIpc) is 2.35. The van der Waals surface area contributed by atoms with E-state index in [1.807, 2.05) is 0 Å². The molecule has 0 spiro atoms. The Kier molecular flexibility index (Phi) is 2.28. The van der Waals surface area contributed by atoms with Gasteiger partial charge in [-0.15, -0.1) is 0 Å². The van der Waals surface area contributed by atoms with Crippen LogP contribution in [-0.2, 0) is 4.74 Å². The molecule has 0 saturated carbocycles. The van der Waals surface area contributed by atoms with Crippen molar-refractivity contribution < 1.29 is 14.9 Å². The lowest BCUT2D eigenvalue weighted by Crippen LogP contribution is -2.43. The molecule has 0 aromatic carbocycles. The van der Waals surface area contributed by atoms with E-state index in [9.17, 15) is 5.11 Å². The number of aliphatic hydroxyl groups excluding tert-OH is 2. The predicted molar refractivity (Wildman–Crippen MR) is 36.7 cm³/mol. The fraction of sp³-hybridized carbons (Fsp3) is 1.00. The molecule has 3 nitrogen and oxygen atoms in total. The van der Waals surface area contributed by atoms with Crippen LogP contribution < -0.4 is 0 Å². The lowest BCUT2D eigenvalue weighted by Gasteiger charge is -2.28. The first kappa shape index (κ1) is 7.98. The van der Waals surface area contributed by atoms with Crippen molar-refractivity contribution in [3.05, 3.63) is 0 Å². The second kappa shape index (κ2) is 2.86. The molecular weight excluding hydrogens is 132 g/mol. The van der Waals surface area contributed by atoms with Crippen molar-refractivity contribution in [2.45, 2.75) is 31.5 Å². The van der Waals surface area contributed by atoms with Gasteiger partial charge in [-0.3, -0.25) is 0 Å². The number of rotatable bonds is 2. The Morgan fingerprint density at radius 3 is 2.60 bits per heavy atom. The molecule has 1 heterocycles. The second-order valence-electron chi connectivity index (χ2n) is 2.85. The minimum atomic E-state index is -0.653. The van der Waals surface area contributed by atoms with Crippen LogP contribution in [0.5, 0.6) is 0 Å². The van der Waals surface area contributed by atoms with E-state index in [-0.39, 0.29) is 6.61 Å². The van der Waals surface area contributed by atoms with Gasteiger partial charge in [0, 0.05) is 6.61 Å². The van der Waals surface area contributed by atoms with Crippen molar-refractivity contribution in [3.63, 3.8) is 0 Å². The van der Waals surface area contributed by atoms with E-state index in [4.69, 9.17) is 9.84 Å². The van der Waals surface area contributed by atoms with Crippen LogP contribution in [0, 0.1) is 0 Å². The third-order valence-corrected chi connectivity index (χ3v) is 2.16. The summed E-state index contributed by atoms with van der Waals surface area (Å²) in [7, 11) is 0. The summed E-state index contributed by atoms with van der Waals surface area (Å²) in [5.41, 5.74) is -0.653. The first-order chi connectivity index (χ1) is 4.71. The van der Waals surface area contributed by atoms with Gasteiger partial charge in [0.15, 0.2) is 0 Å². The summed E-state index contributed by atoms with van der Waals surface area (Å²) in [5.74, 6) is 0. The van der Waals surface area contributed by atoms with Crippen LogP contribution in [0.25, 0.3) is 0 Å². The lowest BCUT2D eigenvalue weighted by atomic mass is 9.95. The zero-order chi connectivity index (χ0) is 7.61. The predicted octanol–water partition coefficient (Wildman–Crippen LogP) is -0.0913. The monoisotopic (exact) mass is 146 g/mol. The van der Waals surface area contributed by atoms with E-state index in [0.29, 0.717) is 6.61 Å². The second-order valence-corrected chi connectivity index (χ2v) is 2.85. The third kappa shape index (κ3) is 1.17. The molecule has 0 bridgehead atoms. The van der Waals surface area contributed by atoms with Crippen LogP contribution in [0.1, 0.15) is 19.8 Å². The van der Waals surface area contributed by atoms with Gasteiger partial charge >= 0.3 is 0 Å². The SMILES string of the molecule is CC(O)C1(CO)CCCO1. The van der Waals surface area contributed by atoms with E-state index in [2.05, 4.69) is 0 Å². The van der Waals surface area contributed by atoms with Crippen molar-refractivity contribution >= 4 is 0 Å². The molecule has 0 aliphatic carbocycles. The smallest absolute Gasteiger partial charge is 0.117 e. The van der Waals surface area contributed by atoms with Crippen LogP contribution in [-0.4, -0.2) is 35.1 Å². The maximum atomic E-state index is 9.22. The Morgan fingerprint density at radius 2 is 2.40 bits per heavy atom. The molecule has 0 radical (unpaired) electrons. The molecule has 10 heavy (non-hydrogen) atoms. The van der Waals surface area contributed by atoms with Crippen molar-refractivity contribution in [1.29, 1.82) is 0 Å². The highest BCUT2D eigenvalue weighted by atomic mass is 16.5. The van der Waals surface area contributed by atoms with Crippen molar-refractivity contribution in [3.8, 4) is 0 Å². The van der Waals surface area contributed by atoms with E-state index >= 15 is 0 Å². The van der Waals surface area contributed by atoms with Crippen molar-refractivity contribution in [2.75, 3.05) is 13.2 Å². The number of hydrogen-bond donors (Lipinski definition) is 2.